The van der Waals surface area contributed by atoms with Gasteiger partial charge in [0.25, 0.3) is 11.8 Å². The average molecular weight is 439 g/mol. The van der Waals surface area contributed by atoms with Crippen LogP contribution in [-0.2, 0) is 4.74 Å². The molecule has 0 spiro atoms. The van der Waals surface area contributed by atoms with Gasteiger partial charge in [-0.05, 0) is 67.4 Å². The fourth-order valence-electron chi connectivity index (χ4n) is 6.44. The molecule has 2 bridgehead atoms. The summed E-state index contributed by atoms with van der Waals surface area (Å²) in [5.74, 6) is 1.91. The van der Waals surface area contributed by atoms with Gasteiger partial charge in [-0.2, -0.15) is 0 Å². The molecule has 4 atom stereocenters. The average Bonchev–Trinajstić information content (AvgIpc) is 3.44. The van der Waals surface area contributed by atoms with E-state index in [0.29, 0.717) is 54.0 Å². The second kappa shape index (κ2) is 8.18. The number of fused-ring (bicyclic) bond motifs is 3. The summed E-state index contributed by atoms with van der Waals surface area (Å²) in [5, 5.41) is 3.17. The number of ether oxygens (including phenoxy) is 1. The summed E-state index contributed by atoms with van der Waals surface area (Å²) in [6.45, 7) is 6.72. The molecule has 0 aromatic carbocycles. The number of amides is 2. The summed E-state index contributed by atoms with van der Waals surface area (Å²) in [6, 6.07) is 5.55. The highest BCUT2D eigenvalue weighted by molar-refractivity contribution is 5.95. The van der Waals surface area contributed by atoms with Crippen LogP contribution >= 0.6 is 0 Å². The van der Waals surface area contributed by atoms with Gasteiger partial charge in [0.1, 0.15) is 17.0 Å². The Hall–Kier alpha value is -2.41. The largest absolute Gasteiger partial charge is 0.383 e. The Labute approximate surface area is 189 Å². The minimum Gasteiger partial charge on any atom is -0.383 e. The number of likely N-dealkylation sites (tertiary alicyclic amines) is 1. The molecule has 4 aliphatic rings. The molecule has 2 aromatic heterocycles. The van der Waals surface area contributed by atoms with Crippen LogP contribution in [0.4, 0.5) is 0 Å². The first-order valence-electron chi connectivity index (χ1n) is 12.0. The van der Waals surface area contributed by atoms with Gasteiger partial charge in [-0.3, -0.25) is 14.0 Å². The topological polar surface area (TPSA) is 75.9 Å². The van der Waals surface area contributed by atoms with Crippen LogP contribution in [0.25, 0.3) is 5.65 Å². The van der Waals surface area contributed by atoms with Crippen molar-refractivity contribution in [3.8, 4) is 0 Å². The molecule has 0 radical (unpaired) electrons. The van der Waals surface area contributed by atoms with Crippen LogP contribution in [0.2, 0.25) is 0 Å². The maximum atomic E-state index is 13.1. The molecule has 7 nitrogen and oxygen atoms in total. The van der Waals surface area contributed by atoms with Gasteiger partial charge in [0, 0.05) is 26.4 Å². The Kier molecular flexibility index (Phi) is 5.48. The Morgan fingerprint density at radius 1 is 1.25 bits per heavy atom. The molecule has 3 heterocycles. The Bertz CT molecular complexity index is 1030. The maximum absolute atomic E-state index is 13.1. The second-order valence-electron chi connectivity index (χ2n) is 10.4. The van der Waals surface area contributed by atoms with Crippen molar-refractivity contribution >= 4 is 17.5 Å². The molecule has 172 valence electrons. The highest BCUT2D eigenvalue weighted by Gasteiger charge is 2.53. The second-order valence-corrected chi connectivity index (χ2v) is 10.4. The first-order chi connectivity index (χ1) is 15.4. The normalized spacial score (nSPS) is 28.5. The minimum atomic E-state index is -0.107. The highest BCUT2D eigenvalue weighted by Crippen LogP contribution is 2.61. The van der Waals surface area contributed by atoms with Crippen molar-refractivity contribution in [2.45, 2.75) is 52.0 Å². The number of nitrogens with one attached hydrogen (secondary N) is 1. The van der Waals surface area contributed by atoms with Gasteiger partial charge in [-0.15, -0.1) is 0 Å². The van der Waals surface area contributed by atoms with Gasteiger partial charge in [-0.1, -0.05) is 19.9 Å². The van der Waals surface area contributed by atoms with E-state index in [1.165, 1.54) is 19.3 Å². The monoisotopic (exact) mass is 438 g/mol. The van der Waals surface area contributed by atoms with Gasteiger partial charge in [0.2, 0.25) is 0 Å². The molecule has 3 saturated carbocycles. The zero-order valence-corrected chi connectivity index (χ0v) is 19.3. The number of imidazole rings is 1. The molecule has 1 saturated heterocycles. The van der Waals surface area contributed by atoms with Crippen LogP contribution < -0.4 is 5.32 Å². The molecule has 2 amide bonds. The first-order valence-corrected chi connectivity index (χ1v) is 12.0. The lowest BCUT2D eigenvalue weighted by Crippen LogP contribution is -2.54. The van der Waals surface area contributed by atoms with Crippen molar-refractivity contribution in [3.63, 3.8) is 0 Å². The van der Waals surface area contributed by atoms with Crippen LogP contribution in [0.5, 0.6) is 0 Å². The van der Waals surface area contributed by atoms with Gasteiger partial charge in [-0.25, -0.2) is 4.98 Å². The molecule has 2 aromatic rings. The summed E-state index contributed by atoms with van der Waals surface area (Å²) >= 11 is 0. The third-order valence-electron chi connectivity index (χ3n) is 8.47. The number of aromatic nitrogens is 2. The quantitative estimate of drug-likeness (QED) is 0.750. The summed E-state index contributed by atoms with van der Waals surface area (Å²) in [5.41, 5.74) is 1.92. The van der Waals surface area contributed by atoms with Crippen molar-refractivity contribution in [3.05, 3.63) is 35.8 Å². The van der Waals surface area contributed by atoms with E-state index in [2.05, 4.69) is 24.1 Å². The number of hydrogen-bond acceptors (Lipinski definition) is 4. The Morgan fingerprint density at radius 2 is 2.09 bits per heavy atom. The summed E-state index contributed by atoms with van der Waals surface area (Å²) in [4.78, 5) is 32.6. The van der Waals surface area contributed by atoms with Crippen LogP contribution in [0.15, 0.2) is 24.4 Å². The van der Waals surface area contributed by atoms with Crippen molar-refractivity contribution in [1.29, 1.82) is 0 Å². The lowest BCUT2D eigenvalue weighted by molar-refractivity contribution is -0.103. The van der Waals surface area contributed by atoms with Gasteiger partial charge in [0.15, 0.2) is 0 Å². The summed E-state index contributed by atoms with van der Waals surface area (Å²) in [7, 11) is 1.66. The van der Waals surface area contributed by atoms with Gasteiger partial charge in [0.05, 0.1) is 12.6 Å². The Morgan fingerprint density at radius 3 is 2.84 bits per heavy atom. The Balaban J connectivity index is 1.31. The minimum absolute atomic E-state index is 0.0888. The van der Waals surface area contributed by atoms with Crippen LogP contribution in [0.3, 0.4) is 0 Å². The number of carbonyl (C=O) groups excluding carboxylic acids is 2. The van der Waals surface area contributed by atoms with Gasteiger partial charge < -0.3 is 15.0 Å². The molecule has 3 aliphatic carbocycles. The predicted molar refractivity (Wildman–Crippen MR) is 122 cm³/mol. The van der Waals surface area contributed by atoms with E-state index in [1.54, 1.807) is 23.8 Å². The van der Waals surface area contributed by atoms with Crippen LogP contribution in [0.1, 0.15) is 66.9 Å². The zero-order valence-electron chi connectivity index (χ0n) is 19.3. The lowest BCUT2D eigenvalue weighted by atomic mass is 9.45. The van der Waals surface area contributed by atoms with Crippen LogP contribution in [0, 0.1) is 23.2 Å². The third kappa shape index (κ3) is 3.51. The third-order valence-corrected chi connectivity index (χ3v) is 8.47. The molecular weight excluding hydrogens is 404 g/mol. The number of rotatable bonds is 6. The van der Waals surface area contributed by atoms with E-state index >= 15 is 0 Å². The zero-order chi connectivity index (χ0) is 22.5. The van der Waals surface area contributed by atoms with E-state index in [0.717, 1.165) is 18.8 Å². The number of carbonyl (C=O) groups is 2. The van der Waals surface area contributed by atoms with Crippen LogP contribution in [-0.4, -0.2) is 58.9 Å². The first kappa shape index (κ1) is 21.4. The molecule has 4 fully saturated rings. The molecule has 1 N–H and O–H groups in total. The predicted octanol–water partition coefficient (Wildman–Crippen LogP) is 3.39. The van der Waals surface area contributed by atoms with Crippen molar-refractivity contribution < 1.29 is 14.3 Å². The van der Waals surface area contributed by atoms with E-state index in [1.807, 2.05) is 17.0 Å². The fraction of sp³-hybridized carbons (Fsp3) is 0.640. The smallest absolute Gasteiger partial charge is 0.274 e. The lowest BCUT2D eigenvalue weighted by Gasteiger charge is -2.60. The fourth-order valence-corrected chi connectivity index (χ4v) is 6.44. The number of nitrogens with zero attached hydrogens (tertiary/aromatic N) is 3. The van der Waals surface area contributed by atoms with E-state index in [-0.39, 0.29) is 17.9 Å². The van der Waals surface area contributed by atoms with Crippen molar-refractivity contribution in [2.24, 2.45) is 23.2 Å². The van der Waals surface area contributed by atoms with Crippen molar-refractivity contribution in [2.75, 3.05) is 26.8 Å². The van der Waals surface area contributed by atoms with E-state index in [4.69, 9.17) is 4.74 Å². The highest BCUT2D eigenvalue weighted by atomic mass is 16.5. The molecule has 1 aliphatic heterocycles. The number of pyridine rings is 1. The SMILES string of the molecule is COC[C@H]1CCCN1C(=O)c1cn2c(C(=O)NC[C@@H]3CC[C@H]4C[C@H]3C4(C)C)cccc2n1. The molecule has 6 rings (SSSR count). The van der Waals surface area contributed by atoms with Crippen molar-refractivity contribution in [1.82, 2.24) is 19.6 Å². The molecule has 7 heteroatoms. The standard InChI is InChI=1S/C25H34N4O3/c1-25(2)17-10-9-16(19(25)12-17)13-26-23(30)21-7-4-8-22-27-20(14-29(21)22)24(31)28-11-5-6-18(28)15-32-3/h4,7-8,14,16-19H,5-6,9-13,15H2,1-3H3,(H,26,30)/t16-,17-,18+,19+/m0/s1. The van der Waals surface area contributed by atoms with E-state index < -0.39 is 0 Å². The number of methoxy groups -OCH3 is 1. The summed E-state index contributed by atoms with van der Waals surface area (Å²) in [6.07, 6.45) is 7.39. The number of hydrogen-bond donors (Lipinski definition) is 1. The molecular formula is C25H34N4O3. The van der Waals surface area contributed by atoms with Gasteiger partial charge >= 0.3 is 0 Å². The maximum Gasteiger partial charge on any atom is 0.274 e. The molecule has 0 unspecified atom stereocenters. The summed E-state index contributed by atoms with van der Waals surface area (Å²) < 4.78 is 7.02. The van der Waals surface area contributed by atoms with E-state index in [9.17, 15) is 9.59 Å². The molecule has 32 heavy (non-hydrogen) atoms.